The maximum Gasteiger partial charge on any atom is 0.394 e. The second-order valence-corrected chi connectivity index (χ2v) is 1.34. The molecule has 0 aromatic rings. The smallest absolute Gasteiger partial charge is 0.264 e. The van der Waals surface area contributed by atoms with Crippen LogP contribution >= 0.6 is 0 Å². The Labute approximate surface area is 80.0 Å². The van der Waals surface area contributed by atoms with Crippen molar-refractivity contribution in [3.8, 4) is 0 Å². The molecule has 0 fully saturated rings. The average Bonchev–Trinajstić information content (AvgIpc) is 0.722. The summed E-state index contributed by atoms with van der Waals surface area (Å²) in [4.78, 5) is 0. The van der Waals surface area contributed by atoms with Crippen LogP contribution in [0.1, 0.15) is 0 Å². The zero-order valence-corrected chi connectivity index (χ0v) is 7.14. The summed E-state index contributed by atoms with van der Waals surface area (Å²) >= 11 is 0. The topological polar surface area (TPSA) is 74.6 Å². The molecule has 41 valence electrons. The molecule has 7 heteroatoms. The van der Waals surface area contributed by atoms with E-state index in [1.165, 1.54) is 0 Å². The van der Waals surface area contributed by atoms with Crippen molar-refractivity contribution in [3.05, 3.63) is 0 Å². The number of hydrogen-bond acceptors (Lipinski definition) is 2. The quantitative estimate of drug-likeness (QED) is 0.399. The minimum Gasteiger partial charge on any atom is -0.264 e. The minimum absolute atomic E-state index is 0. The summed E-state index contributed by atoms with van der Waals surface area (Å²) in [6.07, 6.45) is 0. The van der Waals surface area contributed by atoms with Crippen molar-refractivity contribution in [2.75, 3.05) is 0 Å². The minimum atomic E-state index is -4.67. The van der Waals surface area contributed by atoms with E-state index in [2.05, 4.69) is 0 Å². The van der Waals surface area contributed by atoms with Crippen LogP contribution in [0.5, 0.6) is 0 Å². The molecule has 0 rings (SSSR count). The van der Waals surface area contributed by atoms with Gasteiger partial charge < -0.3 is 0 Å². The fourth-order valence-electron chi connectivity index (χ4n) is 0. The van der Waals surface area contributed by atoms with E-state index in [-0.39, 0.29) is 53.0 Å². The monoisotopic (exact) mass is 267 g/mol. The Morgan fingerprint density at radius 1 is 1.14 bits per heavy atom. The predicted octanol–water partition coefficient (Wildman–Crippen LogP) is -1.84. The van der Waals surface area contributed by atoms with Crippen LogP contribution in [0.3, 0.4) is 0 Å². The Kier molecular flexibility index (Phi) is 13.0. The molecule has 0 aliphatic heterocycles. The number of hydrogen-bond donors (Lipinski definition) is 2. The predicted molar refractivity (Wildman–Crippen MR) is 24.1 cm³/mol. The van der Waals surface area contributed by atoms with Crippen molar-refractivity contribution in [3.63, 3.8) is 0 Å². The van der Waals surface area contributed by atoms with Crippen LogP contribution in [0.25, 0.3) is 0 Å². The zero-order chi connectivity index (χ0) is 4.50. The average molecular weight is 267 g/mol. The van der Waals surface area contributed by atoms with Crippen LogP contribution in [0, 0.1) is 35.6 Å². The van der Waals surface area contributed by atoms with E-state index < -0.39 is 10.4 Å². The third kappa shape index (κ3) is 93.3. The van der Waals surface area contributed by atoms with Crippen molar-refractivity contribution in [2.24, 2.45) is 0 Å². The van der Waals surface area contributed by atoms with Gasteiger partial charge in [-0.3, -0.25) is 9.11 Å². The summed E-state index contributed by atoms with van der Waals surface area (Å²) in [5, 5.41) is 0. The third-order valence-corrected chi connectivity index (χ3v) is 0. The molecule has 0 heterocycles. The molecule has 0 aliphatic carbocycles. The Balaban J connectivity index is -0.0000000800. The molecular weight excluding hydrogens is 262 g/mol. The van der Waals surface area contributed by atoms with E-state index in [1.807, 2.05) is 0 Å². The van der Waals surface area contributed by atoms with E-state index in [0.717, 1.165) is 0 Å². The van der Waals surface area contributed by atoms with Gasteiger partial charge in [-0.15, -0.1) is 0 Å². The molecule has 0 saturated carbocycles. The summed E-state index contributed by atoms with van der Waals surface area (Å²) < 4.78 is 31.6. The van der Waals surface area contributed by atoms with E-state index in [9.17, 15) is 0 Å². The van der Waals surface area contributed by atoms with Crippen molar-refractivity contribution in [1.82, 2.24) is 0 Å². The van der Waals surface area contributed by atoms with Gasteiger partial charge in [0.15, 0.2) is 17.4 Å². The van der Waals surface area contributed by atoms with Crippen LogP contribution in [0.4, 0.5) is 0 Å². The summed E-state index contributed by atoms with van der Waals surface area (Å²) in [5.41, 5.74) is 0. The van der Waals surface area contributed by atoms with Crippen LogP contribution in [0.2, 0.25) is 0 Å². The molecule has 0 atom stereocenters. The first-order valence-electron chi connectivity index (χ1n) is 0.698. The van der Waals surface area contributed by atoms with Crippen molar-refractivity contribution < 1.29 is 53.1 Å². The van der Waals surface area contributed by atoms with Crippen LogP contribution in [-0.4, -0.2) is 34.9 Å². The molecule has 0 aromatic heterocycles. The molecule has 0 aromatic carbocycles. The van der Waals surface area contributed by atoms with Gasteiger partial charge in [0.1, 0.15) is 0 Å². The van der Waals surface area contributed by atoms with Gasteiger partial charge in [-0.2, -0.15) is 8.42 Å². The maximum atomic E-state index is 8.74. The van der Waals surface area contributed by atoms with Gasteiger partial charge in [0, 0.05) is 35.6 Å². The first kappa shape index (κ1) is 15.8. The van der Waals surface area contributed by atoms with E-state index in [4.69, 9.17) is 17.5 Å². The van der Waals surface area contributed by atoms with Crippen molar-refractivity contribution >= 4 is 27.8 Å². The summed E-state index contributed by atoms with van der Waals surface area (Å²) in [5.74, 6) is 0. The van der Waals surface area contributed by atoms with Crippen molar-refractivity contribution in [1.29, 1.82) is 0 Å². The van der Waals surface area contributed by atoms with E-state index in [1.54, 1.807) is 0 Å². The Hall–Kier alpha value is 1.60. The van der Waals surface area contributed by atoms with Gasteiger partial charge in [-0.1, -0.05) is 0 Å². The zero-order valence-electron chi connectivity index (χ0n) is 2.70. The van der Waals surface area contributed by atoms with Gasteiger partial charge in [0.05, 0.1) is 0 Å². The molecule has 2 N–H and O–H groups in total. The van der Waals surface area contributed by atoms with Crippen LogP contribution in [0.15, 0.2) is 0 Å². The number of rotatable bonds is 0. The molecule has 0 bridgehead atoms. The summed E-state index contributed by atoms with van der Waals surface area (Å²) in [7, 11) is -4.67. The standard InChI is InChI=1S/Al.La.H2O4S.3H/c;;1-5(2,3)4;;;/h;;(H2,1,2,3,4);;;. The first-order chi connectivity index (χ1) is 2.00. The summed E-state index contributed by atoms with van der Waals surface area (Å²) in [6, 6.07) is 0. The van der Waals surface area contributed by atoms with E-state index in [0.29, 0.717) is 0 Å². The van der Waals surface area contributed by atoms with E-state index >= 15 is 0 Å². The Bertz CT molecular complexity index is 94.9. The van der Waals surface area contributed by atoms with Crippen LogP contribution in [-0.2, 0) is 10.4 Å². The molecule has 1 radical (unpaired) electrons. The SMILES string of the molecule is O=S(=O)(O)O.[AlH3].[La]. The largest absolute Gasteiger partial charge is 0.394 e. The van der Waals surface area contributed by atoms with Gasteiger partial charge in [-0.05, 0) is 0 Å². The first-order valence-corrected chi connectivity index (χ1v) is 2.10. The molecule has 0 unspecified atom stereocenters. The second kappa shape index (κ2) is 5.73. The van der Waals surface area contributed by atoms with Gasteiger partial charge in [0.25, 0.3) is 0 Å². The molecule has 7 heavy (non-hydrogen) atoms. The van der Waals surface area contributed by atoms with Crippen molar-refractivity contribution in [2.45, 2.75) is 0 Å². The molecule has 0 saturated heterocycles. The Morgan fingerprint density at radius 2 is 1.14 bits per heavy atom. The van der Waals surface area contributed by atoms with Gasteiger partial charge in [-0.25, -0.2) is 0 Å². The molecular formula is H5AlLaO4S. The second-order valence-electron chi connectivity index (χ2n) is 0.448. The fraction of sp³-hybridized carbons (Fsp3) is 0. The maximum absolute atomic E-state index is 8.74. The van der Waals surface area contributed by atoms with Crippen LogP contribution < -0.4 is 0 Å². The molecule has 0 aliphatic rings. The normalized spacial score (nSPS) is 8.29. The molecule has 0 spiro atoms. The fourth-order valence-corrected chi connectivity index (χ4v) is 0. The molecule has 4 nitrogen and oxygen atoms in total. The van der Waals surface area contributed by atoms with Gasteiger partial charge in [0.2, 0.25) is 0 Å². The third-order valence-electron chi connectivity index (χ3n) is 0. The summed E-state index contributed by atoms with van der Waals surface area (Å²) in [6.45, 7) is 0. The molecule has 0 amide bonds. The van der Waals surface area contributed by atoms with Gasteiger partial charge >= 0.3 is 10.4 Å². The Morgan fingerprint density at radius 3 is 1.14 bits per heavy atom.